The number of pyridine rings is 1. The summed E-state index contributed by atoms with van der Waals surface area (Å²) in [6, 6.07) is 14.2. The van der Waals surface area contributed by atoms with E-state index in [1.807, 2.05) is 54.5 Å². The average molecular weight is 289 g/mol. The van der Waals surface area contributed by atoms with Crippen molar-refractivity contribution in [2.24, 2.45) is 7.05 Å². The smallest absolute Gasteiger partial charge is 0.159 e. The highest BCUT2D eigenvalue weighted by molar-refractivity contribution is 5.78. The molecule has 22 heavy (non-hydrogen) atoms. The van der Waals surface area contributed by atoms with Crippen LogP contribution in [0.2, 0.25) is 0 Å². The Morgan fingerprint density at radius 2 is 1.86 bits per heavy atom. The number of imidazole rings is 1. The standard InChI is InChI=1S/C17H15N5/c1-21-16-11-18-9-7-14(16)20-17(21)15-8-10-19-22(15)12-13-5-3-2-4-6-13/h2-11H,12H2,1H3. The van der Waals surface area contributed by atoms with Crippen LogP contribution in [0.25, 0.3) is 22.6 Å². The molecule has 3 heterocycles. The van der Waals surface area contributed by atoms with E-state index in [0.717, 1.165) is 29.1 Å². The molecule has 0 unspecified atom stereocenters. The topological polar surface area (TPSA) is 48.5 Å². The van der Waals surface area contributed by atoms with Gasteiger partial charge in [0, 0.05) is 19.4 Å². The number of fused-ring (bicyclic) bond motifs is 1. The van der Waals surface area contributed by atoms with E-state index in [2.05, 4.69) is 26.8 Å². The van der Waals surface area contributed by atoms with Crippen molar-refractivity contribution in [3.8, 4) is 11.5 Å². The van der Waals surface area contributed by atoms with E-state index >= 15 is 0 Å². The fourth-order valence-corrected chi connectivity index (χ4v) is 2.67. The van der Waals surface area contributed by atoms with Crippen molar-refractivity contribution >= 4 is 11.0 Å². The van der Waals surface area contributed by atoms with Crippen LogP contribution < -0.4 is 0 Å². The predicted octanol–water partition coefficient (Wildman–Crippen LogP) is 2.88. The van der Waals surface area contributed by atoms with Crippen LogP contribution in [0.15, 0.2) is 61.1 Å². The van der Waals surface area contributed by atoms with Crippen LogP contribution in [-0.2, 0) is 13.6 Å². The number of aryl methyl sites for hydroxylation is 1. The monoisotopic (exact) mass is 289 g/mol. The van der Waals surface area contributed by atoms with Crippen molar-refractivity contribution < 1.29 is 0 Å². The van der Waals surface area contributed by atoms with Gasteiger partial charge in [-0.25, -0.2) is 4.98 Å². The van der Waals surface area contributed by atoms with Crippen molar-refractivity contribution in [3.63, 3.8) is 0 Å². The van der Waals surface area contributed by atoms with Crippen LogP contribution in [0.3, 0.4) is 0 Å². The van der Waals surface area contributed by atoms with Crippen LogP contribution in [0.4, 0.5) is 0 Å². The Morgan fingerprint density at radius 3 is 2.68 bits per heavy atom. The highest BCUT2D eigenvalue weighted by Crippen LogP contribution is 2.23. The van der Waals surface area contributed by atoms with Gasteiger partial charge < -0.3 is 4.57 Å². The summed E-state index contributed by atoms with van der Waals surface area (Å²) in [6.07, 6.45) is 5.42. The third-order valence-corrected chi connectivity index (χ3v) is 3.80. The molecule has 1 aromatic carbocycles. The van der Waals surface area contributed by atoms with Gasteiger partial charge >= 0.3 is 0 Å². The number of nitrogens with zero attached hydrogens (tertiary/aromatic N) is 5. The van der Waals surface area contributed by atoms with Crippen molar-refractivity contribution in [2.45, 2.75) is 6.54 Å². The van der Waals surface area contributed by atoms with Crippen LogP contribution in [0.1, 0.15) is 5.56 Å². The zero-order valence-corrected chi connectivity index (χ0v) is 12.2. The van der Waals surface area contributed by atoms with Gasteiger partial charge in [0.1, 0.15) is 5.69 Å². The summed E-state index contributed by atoms with van der Waals surface area (Å²) in [5.74, 6) is 0.899. The molecule has 0 spiro atoms. The first-order valence-electron chi connectivity index (χ1n) is 7.15. The first-order chi connectivity index (χ1) is 10.8. The fourth-order valence-electron chi connectivity index (χ4n) is 2.67. The Labute approximate surface area is 127 Å². The Hall–Kier alpha value is -2.95. The van der Waals surface area contributed by atoms with Crippen molar-refractivity contribution in [1.82, 2.24) is 24.3 Å². The lowest BCUT2D eigenvalue weighted by Crippen LogP contribution is -2.06. The van der Waals surface area contributed by atoms with Gasteiger partial charge in [-0.05, 0) is 17.7 Å². The number of rotatable bonds is 3. The normalized spacial score (nSPS) is 11.1. The minimum Gasteiger partial charge on any atom is -0.325 e. The average Bonchev–Trinajstić information content (AvgIpc) is 3.13. The van der Waals surface area contributed by atoms with E-state index in [1.165, 1.54) is 5.56 Å². The summed E-state index contributed by atoms with van der Waals surface area (Å²) in [7, 11) is 2.01. The molecule has 4 rings (SSSR count). The molecule has 0 radical (unpaired) electrons. The highest BCUT2D eigenvalue weighted by Gasteiger charge is 2.14. The van der Waals surface area contributed by atoms with Gasteiger partial charge in [-0.2, -0.15) is 5.10 Å². The summed E-state index contributed by atoms with van der Waals surface area (Å²) < 4.78 is 4.03. The molecule has 0 N–H and O–H groups in total. The lowest BCUT2D eigenvalue weighted by molar-refractivity contribution is 0.687. The molecule has 4 aromatic rings. The Bertz CT molecular complexity index is 921. The van der Waals surface area contributed by atoms with Crippen molar-refractivity contribution in [3.05, 3.63) is 66.6 Å². The van der Waals surface area contributed by atoms with E-state index in [4.69, 9.17) is 4.98 Å². The van der Waals surface area contributed by atoms with Crippen LogP contribution in [0, 0.1) is 0 Å². The van der Waals surface area contributed by atoms with Gasteiger partial charge in [-0.3, -0.25) is 9.67 Å². The molecule has 0 aliphatic carbocycles. The molecule has 5 heteroatoms. The van der Waals surface area contributed by atoms with Gasteiger partial charge in [0.25, 0.3) is 0 Å². The van der Waals surface area contributed by atoms with Crippen LogP contribution >= 0.6 is 0 Å². The summed E-state index contributed by atoms with van der Waals surface area (Å²) in [6.45, 7) is 0.727. The maximum atomic E-state index is 4.72. The Balaban J connectivity index is 1.80. The third kappa shape index (κ3) is 2.07. The second-order valence-corrected chi connectivity index (χ2v) is 5.22. The largest absolute Gasteiger partial charge is 0.325 e. The molecule has 0 atom stereocenters. The molecule has 0 saturated carbocycles. The summed E-state index contributed by atoms with van der Waals surface area (Å²) in [5.41, 5.74) is 4.18. The molecule has 108 valence electrons. The molecule has 0 fully saturated rings. The second kappa shape index (κ2) is 5.11. The van der Waals surface area contributed by atoms with Gasteiger partial charge in [-0.1, -0.05) is 30.3 Å². The molecule has 3 aromatic heterocycles. The van der Waals surface area contributed by atoms with Gasteiger partial charge in [0.2, 0.25) is 0 Å². The number of hydrogen-bond donors (Lipinski definition) is 0. The van der Waals surface area contributed by atoms with E-state index in [9.17, 15) is 0 Å². The molecule has 0 aliphatic heterocycles. The SMILES string of the molecule is Cn1c(-c2ccnn2Cc2ccccc2)nc2ccncc21. The molecule has 5 nitrogen and oxygen atoms in total. The molecule has 0 saturated heterocycles. The number of benzene rings is 1. The minimum absolute atomic E-state index is 0.727. The van der Waals surface area contributed by atoms with E-state index in [0.29, 0.717) is 0 Å². The lowest BCUT2D eigenvalue weighted by Gasteiger charge is -2.07. The van der Waals surface area contributed by atoms with E-state index < -0.39 is 0 Å². The molecular formula is C17H15N5. The van der Waals surface area contributed by atoms with E-state index in [-0.39, 0.29) is 0 Å². The summed E-state index contributed by atoms with van der Waals surface area (Å²) >= 11 is 0. The Kier molecular flexibility index (Phi) is 2.96. The molecule has 0 amide bonds. The van der Waals surface area contributed by atoms with Gasteiger partial charge in [0.15, 0.2) is 5.82 Å². The second-order valence-electron chi connectivity index (χ2n) is 5.22. The highest BCUT2D eigenvalue weighted by atomic mass is 15.3. The molecule has 0 bridgehead atoms. The fraction of sp³-hybridized carbons (Fsp3) is 0.118. The van der Waals surface area contributed by atoms with E-state index in [1.54, 1.807) is 6.20 Å². The number of hydrogen-bond acceptors (Lipinski definition) is 3. The third-order valence-electron chi connectivity index (χ3n) is 3.80. The quantitative estimate of drug-likeness (QED) is 0.582. The first kappa shape index (κ1) is 12.8. The van der Waals surface area contributed by atoms with Gasteiger partial charge in [0.05, 0.1) is 23.8 Å². The molecular weight excluding hydrogens is 274 g/mol. The zero-order chi connectivity index (χ0) is 14.9. The Morgan fingerprint density at radius 1 is 1.00 bits per heavy atom. The van der Waals surface area contributed by atoms with Gasteiger partial charge in [-0.15, -0.1) is 0 Å². The molecule has 0 aliphatic rings. The number of aromatic nitrogens is 5. The van der Waals surface area contributed by atoms with Crippen LogP contribution in [0.5, 0.6) is 0 Å². The summed E-state index contributed by atoms with van der Waals surface area (Å²) in [4.78, 5) is 8.89. The van der Waals surface area contributed by atoms with Crippen LogP contribution in [-0.4, -0.2) is 24.3 Å². The van der Waals surface area contributed by atoms with Crippen molar-refractivity contribution in [2.75, 3.05) is 0 Å². The van der Waals surface area contributed by atoms with Crippen molar-refractivity contribution in [1.29, 1.82) is 0 Å². The predicted molar refractivity (Wildman–Crippen MR) is 85.3 cm³/mol. The zero-order valence-electron chi connectivity index (χ0n) is 12.2. The maximum Gasteiger partial charge on any atom is 0.159 e. The lowest BCUT2D eigenvalue weighted by atomic mass is 10.2. The minimum atomic E-state index is 0.727. The first-order valence-corrected chi connectivity index (χ1v) is 7.15. The summed E-state index contributed by atoms with van der Waals surface area (Å²) in [5, 5.41) is 4.45. The maximum absolute atomic E-state index is 4.72.